The van der Waals surface area contributed by atoms with E-state index >= 15 is 0 Å². The molecule has 2 aromatic carbocycles. The number of rotatable bonds is 5. The van der Waals surface area contributed by atoms with E-state index in [1.54, 1.807) is 25.1 Å². The highest BCUT2D eigenvalue weighted by Crippen LogP contribution is 2.30. The summed E-state index contributed by atoms with van der Waals surface area (Å²) in [5, 5.41) is 16.6. The fourth-order valence-electron chi connectivity index (χ4n) is 3.88. The largest absolute Gasteiger partial charge is 0.435 e. The molecule has 2 unspecified atom stereocenters. The molecule has 0 saturated heterocycles. The van der Waals surface area contributed by atoms with E-state index in [0.29, 0.717) is 23.6 Å². The van der Waals surface area contributed by atoms with Crippen molar-refractivity contribution in [3.05, 3.63) is 81.6 Å². The van der Waals surface area contributed by atoms with Gasteiger partial charge in [-0.1, -0.05) is 35.9 Å². The van der Waals surface area contributed by atoms with Crippen LogP contribution in [-0.2, 0) is 30.4 Å². The van der Waals surface area contributed by atoms with E-state index in [0.717, 1.165) is 27.4 Å². The quantitative estimate of drug-likeness (QED) is 0.588. The Morgan fingerprint density at radius 2 is 1.97 bits per heavy atom. The standard InChI is InChI=1S/C23H21ClF3N3O2/c1-13(14-5-6-15-8-20(31)9-16(15)7-14)22(32)28-12-19-11-21(23(25,26)27)29-30(19)18-4-2-3-17(24)10-18/h2-7,10-11,13,20,31H,8-9,12H2,1H3,(H,28,32). The average molecular weight is 464 g/mol. The first-order valence-electron chi connectivity index (χ1n) is 10.1. The van der Waals surface area contributed by atoms with Crippen LogP contribution in [0.25, 0.3) is 5.69 Å². The second-order valence-electron chi connectivity index (χ2n) is 7.94. The Bertz CT molecular complexity index is 1160. The molecule has 3 aromatic rings. The Morgan fingerprint density at radius 3 is 2.69 bits per heavy atom. The Hall–Kier alpha value is -2.84. The lowest BCUT2D eigenvalue weighted by Gasteiger charge is -2.14. The highest BCUT2D eigenvalue weighted by atomic mass is 35.5. The molecule has 1 aliphatic carbocycles. The van der Waals surface area contributed by atoms with Crippen LogP contribution < -0.4 is 5.32 Å². The first-order valence-corrected chi connectivity index (χ1v) is 10.5. The topological polar surface area (TPSA) is 67.2 Å². The van der Waals surface area contributed by atoms with Gasteiger partial charge in [0, 0.05) is 5.02 Å². The molecule has 0 saturated carbocycles. The number of halogens is 4. The number of carbonyl (C=O) groups excluding carboxylic acids is 1. The number of alkyl halides is 3. The fraction of sp³-hybridized carbons (Fsp3) is 0.304. The van der Waals surface area contributed by atoms with Gasteiger partial charge in [-0.15, -0.1) is 0 Å². The van der Waals surface area contributed by atoms with Gasteiger partial charge in [-0.2, -0.15) is 18.3 Å². The smallest absolute Gasteiger partial charge is 0.392 e. The Labute approximate surface area is 187 Å². The lowest BCUT2D eigenvalue weighted by molar-refractivity contribution is -0.141. The van der Waals surface area contributed by atoms with E-state index in [1.165, 1.54) is 6.07 Å². The molecule has 1 heterocycles. The third-order valence-corrected chi connectivity index (χ3v) is 5.84. The summed E-state index contributed by atoms with van der Waals surface area (Å²) in [6.45, 7) is 1.60. The van der Waals surface area contributed by atoms with Gasteiger partial charge in [0.05, 0.1) is 29.9 Å². The van der Waals surface area contributed by atoms with E-state index in [2.05, 4.69) is 10.4 Å². The molecular weight excluding hydrogens is 443 g/mol. The van der Waals surface area contributed by atoms with Gasteiger partial charge in [-0.3, -0.25) is 4.79 Å². The monoisotopic (exact) mass is 463 g/mol. The third kappa shape index (κ3) is 4.66. The number of aromatic nitrogens is 2. The summed E-state index contributed by atoms with van der Waals surface area (Å²) in [6, 6.07) is 12.9. The molecular formula is C23H21ClF3N3O2. The van der Waals surface area contributed by atoms with Crippen LogP contribution in [0.3, 0.4) is 0 Å². The molecule has 0 radical (unpaired) electrons. The number of nitrogens with zero attached hydrogens (tertiary/aromatic N) is 2. The maximum Gasteiger partial charge on any atom is 0.435 e. The molecule has 2 N–H and O–H groups in total. The molecule has 0 bridgehead atoms. The summed E-state index contributed by atoms with van der Waals surface area (Å²) in [6.07, 6.45) is -3.87. The summed E-state index contributed by atoms with van der Waals surface area (Å²) in [7, 11) is 0. The zero-order valence-electron chi connectivity index (χ0n) is 17.2. The highest BCUT2D eigenvalue weighted by Gasteiger charge is 2.35. The van der Waals surface area contributed by atoms with E-state index < -0.39 is 23.9 Å². The second-order valence-corrected chi connectivity index (χ2v) is 8.38. The minimum absolute atomic E-state index is 0.136. The number of amides is 1. The average Bonchev–Trinajstić information content (AvgIpc) is 3.33. The number of hydrogen-bond acceptors (Lipinski definition) is 3. The fourth-order valence-corrected chi connectivity index (χ4v) is 4.07. The summed E-state index contributed by atoms with van der Waals surface area (Å²) in [4.78, 5) is 12.8. The van der Waals surface area contributed by atoms with Crippen molar-refractivity contribution in [3.63, 3.8) is 0 Å². The van der Waals surface area contributed by atoms with Crippen LogP contribution in [0.15, 0.2) is 48.5 Å². The van der Waals surface area contributed by atoms with Crippen molar-refractivity contribution in [2.24, 2.45) is 0 Å². The lowest BCUT2D eigenvalue weighted by Crippen LogP contribution is -2.28. The third-order valence-electron chi connectivity index (χ3n) is 5.60. The molecule has 1 aliphatic rings. The Morgan fingerprint density at radius 1 is 1.22 bits per heavy atom. The van der Waals surface area contributed by atoms with Crippen molar-refractivity contribution in [1.29, 1.82) is 0 Å². The summed E-state index contributed by atoms with van der Waals surface area (Å²) in [5.41, 5.74) is 2.36. The SMILES string of the molecule is CC(C(=O)NCc1cc(C(F)(F)F)nn1-c1cccc(Cl)c1)c1ccc2c(c1)CC(O)C2. The van der Waals surface area contributed by atoms with Crippen LogP contribution in [0.4, 0.5) is 13.2 Å². The zero-order chi connectivity index (χ0) is 23.0. The predicted molar refractivity (Wildman–Crippen MR) is 114 cm³/mol. The van der Waals surface area contributed by atoms with Gasteiger partial charge in [0.1, 0.15) is 0 Å². The molecule has 9 heteroatoms. The Balaban J connectivity index is 1.53. The number of nitrogens with one attached hydrogen (secondary N) is 1. The zero-order valence-corrected chi connectivity index (χ0v) is 17.9. The number of aliphatic hydroxyl groups excluding tert-OH is 1. The molecule has 0 fully saturated rings. The minimum Gasteiger partial charge on any atom is -0.392 e. The van der Waals surface area contributed by atoms with Crippen molar-refractivity contribution < 1.29 is 23.1 Å². The molecule has 4 rings (SSSR count). The normalized spacial score (nSPS) is 16.6. The molecule has 1 aromatic heterocycles. The first kappa shape index (κ1) is 22.4. The van der Waals surface area contributed by atoms with Gasteiger partial charge in [0.25, 0.3) is 0 Å². The number of fused-ring (bicyclic) bond motifs is 1. The number of hydrogen-bond donors (Lipinski definition) is 2. The van der Waals surface area contributed by atoms with Gasteiger partial charge in [0.15, 0.2) is 5.69 Å². The molecule has 32 heavy (non-hydrogen) atoms. The van der Waals surface area contributed by atoms with E-state index in [-0.39, 0.29) is 18.1 Å². The van der Waals surface area contributed by atoms with Gasteiger partial charge in [-0.25, -0.2) is 4.68 Å². The van der Waals surface area contributed by atoms with E-state index in [1.807, 2.05) is 18.2 Å². The van der Waals surface area contributed by atoms with Crippen LogP contribution in [0.2, 0.25) is 5.02 Å². The highest BCUT2D eigenvalue weighted by molar-refractivity contribution is 6.30. The van der Waals surface area contributed by atoms with Gasteiger partial charge in [-0.05, 0) is 60.7 Å². The van der Waals surface area contributed by atoms with Crippen molar-refractivity contribution in [1.82, 2.24) is 15.1 Å². The summed E-state index contributed by atoms with van der Waals surface area (Å²) >= 11 is 5.98. The molecule has 0 aliphatic heterocycles. The van der Waals surface area contributed by atoms with Gasteiger partial charge < -0.3 is 10.4 Å². The van der Waals surface area contributed by atoms with E-state index in [9.17, 15) is 23.1 Å². The summed E-state index contributed by atoms with van der Waals surface area (Å²) in [5.74, 6) is -0.835. The molecule has 2 atom stereocenters. The maximum absolute atomic E-state index is 13.3. The van der Waals surface area contributed by atoms with E-state index in [4.69, 9.17) is 11.6 Å². The second kappa shape index (κ2) is 8.60. The molecule has 1 amide bonds. The lowest BCUT2D eigenvalue weighted by atomic mass is 9.96. The van der Waals surface area contributed by atoms with Crippen molar-refractivity contribution in [2.75, 3.05) is 0 Å². The van der Waals surface area contributed by atoms with Crippen molar-refractivity contribution >= 4 is 17.5 Å². The van der Waals surface area contributed by atoms with Crippen LogP contribution in [-0.4, -0.2) is 26.9 Å². The van der Waals surface area contributed by atoms with Crippen molar-refractivity contribution in [2.45, 2.75) is 44.5 Å². The van der Waals surface area contributed by atoms with Crippen LogP contribution in [0.1, 0.15) is 40.9 Å². The van der Waals surface area contributed by atoms with Crippen LogP contribution in [0, 0.1) is 0 Å². The van der Waals surface area contributed by atoms with Gasteiger partial charge >= 0.3 is 6.18 Å². The van der Waals surface area contributed by atoms with Gasteiger partial charge in [0.2, 0.25) is 5.91 Å². The molecule has 0 spiro atoms. The number of carbonyl (C=O) groups is 1. The maximum atomic E-state index is 13.3. The minimum atomic E-state index is -4.62. The van der Waals surface area contributed by atoms with Crippen LogP contribution >= 0.6 is 11.6 Å². The molecule has 168 valence electrons. The van der Waals surface area contributed by atoms with Crippen LogP contribution in [0.5, 0.6) is 0 Å². The Kier molecular flexibility index (Phi) is 6.01. The first-order chi connectivity index (χ1) is 15.1. The molecule has 5 nitrogen and oxygen atoms in total. The summed E-state index contributed by atoms with van der Waals surface area (Å²) < 4.78 is 40.9. The van der Waals surface area contributed by atoms with Crippen molar-refractivity contribution in [3.8, 4) is 5.69 Å². The predicted octanol–water partition coefficient (Wildman–Crippen LogP) is 4.42. The number of aliphatic hydroxyl groups is 1. The number of benzene rings is 2.